The van der Waals surface area contributed by atoms with E-state index in [2.05, 4.69) is 14.0 Å². The first-order chi connectivity index (χ1) is 17.7. The molecule has 6 nitrogen and oxygen atoms in total. The summed E-state index contributed by atoms with van der Waals surface area (Å²) in [6, 6.07) is 0. The van der Waals surface area contributed by atoms with E-state index in [1.54, 1.807) is 0 Å². The third-order valence-electron chi connectivity index (χ3n) is 4.60. The van der Waals surface area contributed by atoms with Crippen LogP contribution in [0.5, 0.6) is 0 Å². The van der Waals surface area contributed by atoms with Gasteiger partial charge in [-0.05, 0) is 0 Å². The van der Waals surface area contributed by atoms with Crippen molar-refractivity contribution in [2.45, 2.75) is 60.0 Å². The zero-order chi connectivity index (χ0) is 33.4. The van der Waals surface area contributed by atoms with E-state index in [9.17, 15) is 88.0 Å². The summed E-state index contributed by atoms with van der Waals surface area (Å²) < 4.78 is 274. The van der Waals surface area contributed by atoms with E-state index in [-0.39, 0.29) is 59.1 Å². The molecule has 0 aliphatic carbocycles. The van der Waals surface area contributed by atoms with Gasteiger partial charge in [0.25, 0.3) is 0 Å². The van der Waals surface area contributed by atoms with Crippen molar-refractivity contribution < 1.29 is 171 Å². The first kappa shape index (κ1) is 48.1. The van der Waals surface area contributed by atoms with Crippen LogP contribution in [0.4, 0.5) is 83.4 Å². The molecule has 0 heterocycles. The minimum Gasteiger partial charge on any atom is -0.379 e. The van der Waals surface area contributed by atoms with Gasteiger partial charge in [0, 0.05) is 6.42 Å². The Morgan fingerprint density at radius 1 is 0.442 bits per heavy atom. The zero-order valence-corrected chi connectivity index (χ0v) is 25.8. The van der Waals surface area contributed by atoms with Gasteiger partial charge in [-0.15, -0.1) is 0 Å². The predicted molar refractivity (Wildman–Crippen MR) is 89.9 cm³/mol. The third-order valence-corrected chi connectivity index (χ3v) is 5.12. The normalized spacial score (nSPS) is 15.2. The van der Waals surface area contributed by atoms with Crippen molar-refractivity contribution in [2.75, 3.05) is 33.0 Å². The molecule has 43 heavy (non-hydrogen) atoms. The minimum atomic E-state index is -8.97. The Labute approximate surface area is 270 Å². The summed E-state index contributed by atoms with van der Waals surface area (Å²) in [5.74, 6) is -67.0. The number of hydrogen-bond acceptors (Lipinski definition) is 4. The molecule has 0 amide bonds. The smallest absolute Gasteiger partial charge is 0.379 e. The molecule has 0 saturated carbocycles. The maximum Gasteiger partial charge on any atom is 1.00 e. The van der Waals surface area contributed by atoms with Crippen molar-refractivity contribution in [1.82, 2.24) is 0 Å². The van der Waals surface area contributed by atoms with Gasteiger partial charge in [0.15, 0.2) is 0 Å². The molecule has 0 radical (unpaired) electrons. The molecular weight excluding hydrogens is 714 g/mol. The SMILES string of the molecule is O=P(O)(O)OCCOCCOCCC(F)(F)C(F)(F)C(F)(F)C(F)(F)C(F)(F)C(F)(F)C(F)(F)C(F)(F)C(F)(F)F.[Na+].[Na+]. The van der Waals surface area contributed by atoms with Crippen molar-refractivity contribution in [2.24, 2.45) is 0 Å². The van der Waals surface area contributed by atoms with Crippen molar-refractivity contribution in [3.05, 3.63) is 0 Å². The maximum absolute atomic E-state index is 13.7. The van der Waals surface area contributed by atoms with Crippen LogP contribution in [-0.4, -0.2) is 96.4 Å². The number of rotatable bonds is 17. The molecule has 0 aromatic rings. The van der Waals surface area contributed by atoms with Crippen molar-refractivity contribution in [3.63, 3.8) is 0 Å². The Hall–Kier alpha value is 0.700. The fourth-order valence-corrected chi connectivity index (χ4v) is 2.60. The van der Waals surface area contributed by atoms with E-state index >= 15 is 0 Å². The molecule has 248 valence electrons. The topological polar surface area (TPSA) is 85.2 Å². The van der Waals surface area contributed by atoms with E-state index in [1.807, 2.05) is 0 Å². The Bertz CT molecular complexity index is 927. The van der Waals surface area contributed by atoms with Crippen LogP contribution in [0.25, 0.3) is 0 Å². The molecule has 0 rings (SSSR count). The summed E-state index contributed by atoms with van der Waals surface area (Å²) in [6.07, 6.45) is -10.8. The van der Waals surface area contributed by atoms with E-state index in [0.29, 0.717) is 0 Å². The van der Waals surface area contributed by atoms with Crippen LogP contribution in [0.2, 0.25) is 0 Å². The molecular formula is C15H14F19Na2O6P+2. The molecule has 0 unspecified atom stereocenters. The molecule has 0 fully saturated rings. The average Bonchev–Trinajstić information content (AvgIpc) is 2.75. The minimum absolute atomic E-state index is 0. The van der Waals surface area contributed by atoms with E-state index in [4.69, 9.17) is 9.79 Å². The van der Waals surface area contributed by atoms with Crippen molar-refractivity contribution in [3.8, 4) is 0 Å². The van der Waals surface area contributed by atoms with Crippen LogP contribution < -0.4 is 59.1 Å². The summed E-state index contributed by atoms with van der Waals surface area (Å²) in [5.41, 5.74) is 0. The number of phosphoric acid groups is 1. The van der Waals surface area contributed by atoms with Gasteiger partial charge in [0.2, 0.25) is 0 Å². The Balaban J connectivity index is -0.00000800. The van der Waals surface area contributed by atoms with Gasteiger partial charge in [0.1, 0.15) is 0 Å². The molecule has 0 atom stereocenters. The van der Waals surface area contributed by atoms with Crippen molar-refractivity contribution in [1.29, 1.82) is 0 Å². The standard InChI is InChI=1S/C15H14F19O6P.2Na/c16-7(17,1-2-38-3-4-39-5-6-40-41(35,36)37)8(18,19)9(20,21)10(22,23)11(24,25)12(26,27)13(28,29)14(30,31)15(32,33)34;;/h1-6H2,(H2,35,36,37);;/q;2*+1. The molecule has 0 bridgehead atoms. The van der Waals surface area contributed by atoms with Gasteiger partial charge in [-0.3, -0.25) is 4.52 Å². The number of alkyl halides is 19. The van der Waals surface area contributed by atoms with Crippen LogP contribution in [0.15, 0.2) is 0 Å². The van der Waals surface area contributed by atoms with Gasteiger partial charge in [-0.1, -0.05) is 0 Å². The van der Waals surface area contributed by atoms with E-state index in [0.717, 1.165) is 0 Å². The maximum atomic E-state index is 13.7. The Morgan fingerprint density at radius 2 is 0.721 bits per heavy atom. The number of ether oxygens (including phenoxy) is 2. The molecule has 0 aliphatic heterocycles. The quantitative estimate of drug-likeness (QED) is 0.0964. The first-order valence-electron chi connectivity index (χ1n) is 9.65. The van der Waals surface area contributed by atoms with E-state index in [1.165, 1.54) is 0 Å². The molecule has 28 heteroatoms. The second kappa shape index (κ2) is 15.3. The van der Waals surface area contributed by atoms with Crippen LogP contribution in [-0.2, 0) is 18.6 Å². The average molecular weight is 728 g/mol. The fraction of sp³-hybridized carbons (Fsp3) is 1.00. The molecule has 2 N–H and O–H groups in total. The summed E-state index contributed by atoms with van der Waals surface area (Å²) in [4.78, 5) is 16.6. The molecule has 0 aliphatic rings. The monoisotopic (exact) mass is 728 g/mol. The van der Waals surface area contributed by atoms with Crippen molar-refractivity contribution >= 4 is 7.82 Å². The Morgan fingerprint density at radius 3 is 1.05 bits per heavy atom. The zero-order valence-electron chi connectivity index (χ0n) is 20.9. The molecule has 0 spiro atoms. The number of halogens is 19. The van der Waals surface area contributed by atoms with Crippen LogP contribution in [0.1, 0.15) is 6.42 Å². The van der Waals surface area contributed by atoms with E-state index < -0.39 is 101 Å². The summed E-state index contributed by atoms with van der Waals surface area (Å²) in [7, 11) is -4.92. The first-order valence-corrected chi connectivity index (χ1v) is 11.2. The van der Waals surface area contributed by atoms with Crippen LogP contribution in [0, 0.1) is 0 Å². The number of phosphoric ester groups is 1. The predicted octanol–water partition coefficient (Wildman–Crippen LogP) is 0.172. The second-order valence-corrected chi connectivity index (χ2v) is 8.76. The van der Waals surface area contributed by atoms with Gasteiger partial charge < -0.3 is 19.3 Å². The molecule has 0 saturated heterocycles. The second-order valence-electron chi connectivity index (χ2n) is 7.52. The Kier molecular flexibility index (Phi) is 17.1. The summed E-state index contributed by atoms with van der Waals surface area (Å²) in [5, 5.41) is 0. The molecule has 0 aromatic heterocycles. The van der Waals surface area contributed by atoms with Gasteiger partial charge >= 0.3 is 120 Å². The molecule has 0 aromatic carbocycles. The fourth-order valence-electron chi connectivity index (χ4n) is 2.29. The summed E-state index contributed by atoms with van der Waals surface area (Å²) in [6.45, 7) is -4.96. The third kappa shape index (κ3) is 9.41. The number of hydrogen-bond donors (Lipinski definition) is 2. The summed E-state index contributed by atoms with van der Waals surface area (Å²) >= 11 is 0. The largest absolute Gasteiger partial charge is 1.00 e. The van der Waals surface area contributed by atoms with Crippen LogP contribution in [0.3, 0.4) is 0 Å². The van der Waals surface area contributed by atoms with Crippen LogP contribution >= 0.6 is 7.82 Å². The van der Waals surface area contributed by atoms with Gasteiger partial charge in [-0.2, -0.15) is 83.4 Å². The van der Waals surface area contributed by atoms with Gasteiger partial charge in [0.05, 0.1) is 33.0 Å². The van der Waals surface area contributed by atoms with Gasteiger partial charge in [-0.25, -0.2) is 4.57 Å².